The fraction of sp³-hybridized carbons (Fsp3) is 0.190. The van der Waals surface area contributed by atoms with Gasteiger partial charge in [0.2, 0.25) is 5.95 Å². The summed E-state index contributed by atoms with van der Waals surface area (Å²) in [5, 5.41) is 7.58. The zero-order valence-corrected chi connectivity index (χ0v) is 16.2. The average molecular weight is 403 g/mol. The molecule has 0 radical (unpaired) electrons. The SMILES string of the molecule is Cc1cc2nccc(=O)n2nc1N1CCc2ncc(Nc3cccnc3F)cc2C1. The monoisotopic (exact) mass is 403 g/mol. The van der Waals surface area contributed by atoms with Crippen LogP contribution in [0.2, 0.25) is 0 Å². The minimum Gasteiger partial charge on any atom is -0.351 e. The second-order valence-electron chi connectivity index (χ2n) is 7.17. The highest BCUT2D eigenvalue weighted by Gasteiger charge is 2.21. The van der Waals surface area contributed by atoms with E-state index in [0.29, 0.717) is 23.6 Å². The number of hydrogen-bond acceptors (Lipinski definition) is 7. The zero-order chi connectivity index (χ0) is 20.7. The third kappa shape index (κ3) is 3.24. The molecule has 0 spiro atoms. The summed E-state index contributed by atoms with van der Waals surface area (Å²) in [5.41, 5.74) is 4.25. The standard InChI is InChI=1S/C21H18FN7O/c1-13-9-18-23-7-4-19(30)29(18)27-21(13)28-8-5-16-14(12-28)10-15(11-25-16)26-17-3-2-6-24-20(17)22/h2-4,6-7,9-11,26H,5,8,12H2,1H3. The van der Waals surface area contributed by atoms with E-state index in [0.717, 1.165) is 35.6 Å². The van der Waals surface area contributed by atoms with Gasteiger partial charge >= 0.3 is 0 Å². The van der Waals surface area contributed by atoms with Crippen molar-refractivity contribution in [1.82, 2.24) is 24.6 Å². The highest BCUT2D eigenvalue weighted by atomic mass is 19.1. The molecule has 8 nitrogen and oxygen atoms in total. The van der Waals surface area contributed by atoms with Crippen LogP contribution in [-0.4, -0.2) is 31.1 Å². The van der Waals surface area contributed by atoms with Gasteiger partial charge < -0.3 is 10.2 Å². The van der Waals surface area contributed by atoms with Gasteiger partial charge in [0, 0.05) is 43.7 Å². The first-order chi connectivity index (χ1) is 14.6. The summed E-state index contributed by atoms with van der Waals surface area (Å²) in [6.45, 7) is 3.28. The molecule has 150 valence electrons. The molecule has 0 saturated heterocycles. The second kappa shape index (κ2) is 7.18. The van der Waals surface area contributed by atoms with Gasteiger partial charge in [0.25, 0.3) is 5.56 Å². The van der Waals surface area contributed by atoms with Crippen LogP contribution in [0.25, 0.3) is 5.65 Å². The Balaban J connectivity index is 1.47. The van der Waals surface area contributed by atoms with Crippen molar-refractivity contribution in [2.24, 2.45) is 0 Å². The van der Waals surface area contributed by atoms with E-state index in [4.69, 9.17) is 0 Å². The van der Waals surface area contributed by atoms with Crippen LogP contribution in [-0.2, 0) is 13.0 Å². The third-order valence-corrected chi connectivity index (χ3v) is 5.12. The summed E-state index contributed by atoms with van der Waals surface area (Å²) >= 11 is 0. The minimum atomic E-state index is -0.563. The fourth-order valence-corrected chi connectivity index (χ4v) is 3.67. The number of fused-ring (bicyclic) bond motifs is 2. The van der Waals surface area contributed by atoms with E-state index >= 15 is 0 Å². The van der Waals surface area contributed by atoms with Gasteiger partial charge in [-0.15, -0.1) is 5.10 Å². The molecule has 0 aromatic carbocycles. The first-order valence-corrected chi connectivity index (χ1v) is 9.54. The maximum absolute atomic E-state index is 13.9. The average Bonchev–Trinajstić information content (AvgIpc) is 2.75. The molecule has 30 heavy (non-hydrogen) atoms. The van der Waals surface area contributed by atoms with Crippen molar-refractivity contribution < 1.29 is 4.39 Å². The topological polar surface area (TPSA) is 88.3 Å². The van der Waals surface area contributed by atoms with E-state index in [1.807, 2.05) is 19.1 Å². The molecule has 0 unspecified atom stereocenters. The van der Waals surface area contributed by atoms with Crippen molar-refractivity contribution in [1.29, 1.82) is 0 Å². The highest BCUT2D eigenvalue weighted by molar-refractivity contribution is 5.60. The highest BCUT2D eigenvalue weighted by Crippen LogP contribution is 2.27. The van der Waals surface area contributed by atoms with Crippen LogP contribution in [0.3, 0.4) is 0 Å². The van der Waals surface area contributed by atoms with Crippen LogP contribution in [0.1, 0.15) is 16.8 Å². The predicted molar refractivity (Wildman–Crippen MR) is 110 cm³/mol. The van der Waals surface area contributed by atoms with Crippen LogP contribution in [0.5, 0.6) is 0 Å². The van der Waals surface area contributed by atoms with Gasteiger partial charge in [0.05, 0.1) is 17.6 Å². The molecule has 0 saturated carbocycles. The molecule has 0 amide bonds. The molecule has 4 aromatic heterocycles. The number of aryl methyl sites for hydroxylation is 1. The molecule has 0 fully saturated rings. The van der Waals surface area contributed by atoms with E-state index in [2.05, 4.69) is 30.3 Å². The van der Waals surface area contributed by atoms with Gasteiger partial charge in [-0.05, 0) is 42.3 Å². The Morgan fingerprint density at radius 3 is 2.90 bits per heavy atom. The lowest BCUT2D eigenvalue weighted by Gasteiger charge is -2.30. The molecule has 0 aliphatic carbocycles. The number of nitrogens with zero attached hydrogens (tertiary/aromatic N) is 6. The van der Waals surface area contributed by atoms with Gasteiger partial charge in [-0.25, -0.2) is 9.97 Å². The summed E-state index contributed by atoms with van der Waals surface area (Å²) in [4.78, 5) is 26.7. The lowest BCUT2D eigenvalue weighted by molar-refractivity contribution is 0.588. The number of hydrogen-bond donors (Lipinski definition) is 1. The lowest BCUT2D eigenvalue weighted by atomic mass is 10.0. The zero-order valence-electron chi connectivity index (χ0n) is 16.2. The van der Waals surface area contributed by atoms with E-state index < -0.39 is 5.95 Å². The van der Waals surface area contributed by atoms with Crippen molar-refractivity contribution in [3.63, 3.8) is 0 Å². The predicted octanol–water partition coefficient (Wildman–Crippen LogP) is 2.63. The van der Waals surface area contributed by atoms with Crippen LogP contribution in [0.15, 0.2) is 53.7 Å². The number of anilines is 3. The third-order valence-electron chi connectivity index (χ3n) is 5.12. The van der Waals surface area contributed by atoms with Crippen LogP contribution in [0, 0.1) is 12.9 Å². The van der Waals surface area contributed by atoms with Gasteiger partial charge in [-0.1, -0.05) is 0 Å². The van der Waals surface area contributed by atoms with Crippen molar-refractivity contribution in [3.05, 3.63) is 82.0 Å². The summed E-state index contributed by atoms with van der Waals surface area (Å²) < 4.78 is 15.2. The Bertz CT molecular complexity index is 1320. The number of nitrogens with one attached hydrogen (secondary N) is 1. The number of rotatable bonds is 3. The van der Waals surface area contributed by atoms with Crippen molar-refractivity contribution in [3.8, 4) is 0 Å². The van der Waals surface area contributed by atoms with E-state index in [1.54, 1.807) is 18.3 Å². The molecule has 4 aromatic rings. The molecule has 9 heteroatoms. The molecule has 1 N–H and O–H groups in total. The van der Waals surface area contributed by atoms with Crippen LogP contribution >= 0.6 is 0 Å². The Morgan fingerprint density at radius 1 is 1.13 bits per heavy atom. The molecular weight excluding hydrogens is 385 g/mol. The molecule has 0 atom stereocenters. The number of halogens is 1. The van der Waals surface area contributed by atoms with Crippen molar-refractivity contribution >= 4 is 22.8 Å². The van der Waals surface area contributed by atoms with Gasteiger partial charge in [-0.2, -0.15) is 8.91 Å². The normalized spacial score (nSPS) is 13.3. The number of aromatic nitrogens is 5. The quantitative estimate of drug-likeness (QED) is 0.526. The van der Waals surface area contributed by atoms with Crippen molar-refractivity contribution in [2.45, 2.75) is 19.9 Å². The first-order valence-electron chi connectivity index (χ1n) is 9.54. The summed E-state index contributed by atoms with van der Waals surface area (Å²) in [5.74, 6) is 0.173. The van der Waals surface area contributed by atoms with E-state index in [9.17, 15) is 9.18 Å². The molecule has 0 bridgehead atoms. The molecule has 1 aliphatic heterocycles. The van der Waals surface area contributed by atoms with Crippen molar-refractivity contribution in [2.75, 3.05) is 16.8 Å². The Labute approximate surface area is 171 Å². The lowest BCUT2D eigenvalue weighted by Crippen LogP contribution is -2.33. The summed E-state index contributed by atoms with van der Waals surface area (Å²) in [7, 11) is 0. The van der Waals surface area contributed by atoms with Gasteiger partial charge in [0.15, 0.2) is 11.5 Å². The largest absolute Gasteiger partial charge is 0.351 e. The summed E-state index contributed by atoms with van der Waals surface area (Å²) in [6, 6.07) is 8.52. The Morgan fingerprint density at radius 2 is 2.03 bits per heavy atom. The molecule has 5 heterocycles. The summed E-state index contributed by atoms with van der Waals surface area (Å²) in [6.07, 6.45) is 5.34. The first kappa shape index (κ1) is 18.2. The van der Waals surface area contributed by atoms with Crippen LogP contribution in [0.4, 0.5) is 21.6 Å². The fourth-order valence-electron chi connectivity index (χ4n) is 3.67. The van der Waals surface area contributed by atoms with E-state index in [-0.39, 0.29) is 5.56 Å². The Kier molecular flexibility index (Phi) is 4.35. The smallest absolute Gasteiger partial charge is 0.274 e. The maximum Gasteiger partial charge on any atom is 0.274 e. The molecular formula is C21H18FN7O. The Hall–Kier alpha value is -3.88. The minimum absolute atomic E-state index is 0.217. The van der Waals surface area contributed by atoms with Gasteiger partial charge in [-0.3, -0.25) is 9.78 Å². The van der Waals surface area contributed by atoms with Gasteiger partial charge in [0.1, 0.15) is 0 Å². The molecule has 1 aliphatic rings. The number of pyridine rings is 2. The molecule has 5 rings (SSSR count). The second-order valence-corrected chi connectivity index (χ2v) is 7.17. The van der Waals surface area contributed by atoms with Crippen LogP contribution < -0.4 is 15.8 Å². The maximum atomic E-state index is 13.9. The van der Waals surface area contributed by atoms with E-state index in [1.165, 1.54) is 23.0 Å².